The molecule has 2 aliphatic rings. The Morgan fingerprint density at radius 3 is 2.56 bits per heavy atom. The van der Waals surface area contributed by atoms with Crippen LogP contribution in [0.15, 0.2) is 30.3 Å². The molecule has 1 aromatic carbocycles. The first-order valence-corrected chi connectivity index (χ1v) is 7.32. The standard InChI is InChI=1S/C16H23NO/c1-2-4-14(5-3-1)16(12-17-15-8-9-15)18-11-10-13-6-7-13/h1-5,13,15-17H,6-12H2. The molecule has 0 bridgehead atoms. The summed E-state index contributed by atoms with van der Waals surface area (Å²) in [5.41, 5.74) is 1.31. The fourth-order valence-electron chi connectivity index (χ4n) is 2.29. The van der Waals surface area contributed by atoms with Crippen LogP contribution < -0.4 is 5.32 Å². The Kier molecular flexibility index (Phi) is 3.96. The second-order valence-electron chi connectivity index (χ2n) is 5.68. The average Bonchev–Trinajstić information content (AvgIpc) is 3.28. The van der Waals surface area contributed by atoms with Gasteiger partial charge >= 0.3 is 0 Å². The molecule has 0 heterocycles. The van der Waals surface area contributed by atoms with Gasteiger partial charge in [0, 0.05) is 19.2 Å². The zero-order valence-electron chi connectivity index (χ0n) is 11.0. The molecule has 0 aliphatic heterocycles. The zero-order valence-corrected chi connectivity index (χ0v) is 11.0. The summed E-state index contributed by atoms with van der Waals surface area (Å²) in [6.07, 6.45) is 6.98. The van der Waals surface area contributed by atoms with Gasteiger partial charge in [-0.05, 0) is 30.7 Å². The van der Waals surface area contributed by atoms with Crippen LogP contribution in [-0.2, 0) is 4.74 Å². The van der Waals surface area contributed by atoms with Gasteiger partial charge in [-0.3, -0.25) is 0 Å². The van der Waals surface area contributed by atoms with Crippen molar-refractivity contribution in [3.05, 3.63) is 35.9 Å². The highest BCUT2D eigenvalue weighted by Gasteiger charge is 2.24. The van der Waals surface area contributed by atoms with E-state index in [0.29, 0.717) is 0 Å². The van der Waals surface area contributed by atoms with Crippen molar-refractivity contribution in [2.45, 2.75) is 44.2 Å². The quantitative estimate of drug-likeness (QED) is 0.759. The number of hydrogen-bond donors (Lipinski definition) is 1. The van der Waals surface area contributed by atoms with E-state index < -0.39 is 0 Å². The van der Waals surface area contributed by atoms with E-state index >= 15 is 0 Å². The maximum absolute atomic E-state index is 6.09. The lowest BCUT2D eigenvalue weighted by Crippen LogP contribution is -2.25. The van der Waals surface area contributed by atoms with E-state index in [2.05, 4.69) is 35.6 Å². The predicted octanol–water partition coefficient (Wildman–Crippen LogP) is 3.30. The van der Waals surface area contributed by atoms with E-state index in [-0.39, 0.29) is 6.10 Å². The lowest BCUT2D eigenvalue weighted by Gasteiger charge is -2.19. The van der Waals surface area contributed by atoms with Crippen LogP contribution in [-0.4, -0.2) is 19.2 Å². The van der Waals surface area contributed by atoms with Crippen LogP contribution in [0.4, 0.5) is 0 Å². The second-order valence-corrected chi connectivity index (χ2v) is 5.68. The number of nitrogens with one attached hydrogen (secondary N) is 1. The van der Waals surface area contributed by atoms with Gasteiger partial charge < -0.3 is 10.1 Å². The SMILES string of the molecule is c1ccc(C(CNC2CC2)OCCC2CC2)cc1. The van der Waals surface area contributed by atoms with Crippen molar-refractivity contribution in [3.63, 3.8) is 0 Å². The maximum atomic E-state index is 6.09. The molecule has 98 valence electrons. The molecule has 0 radical (unpaired) electrons. The van der Waals surface area contributed by atoms with E-state index in [9.17, 15) is 0 Å². The van der Waals surface area contributed by atoms with Crippen molar-refractivity contribution >= 4 is 0 Å². The van der Waals surface area contributed by atoms with Gasteiger partial charge in [-0.15, -0.1) is 0 Å². The number of rotatable bonds is 8. The van der Waals surface area contributed by atoms with Crippen LogP contribution in [0.1, 0.15) is 43.8 Å². The minimum atomic E-state index is 0.227. The van der Waals surface area contributed by atoms with Crippen LogP contribution in [0, 0.1) is 5.92 Å². The molecule has 18 heavy (non-hydrogen) atoms. The van der Waals surface area contributed by atoms with E-state index in [1.807, 2.05) is 0 Å². The summed E-state index contributed by atoms with van der Waals surface area (Å²) < 4.78 is 6.09. The molecule has 0 aromatic heterocycles. The van der Waals surface area contributed by atoms with Crippen molar-refractivity contribution < 1.29 is 4.74 Å². The summed E-state index contributed by atoms with van der Waals surface area (Å²) in [5, 5.41) is 3.58. The van der Waals surface area contributed by atoms with Crippen LogP contribution >= 0.6 is 0 Å². The summed E-state index contributed by atoms with van der Waals surface area (Å²) in [4.78, 5) is 0. The molecule has 0 saturated heterocycles. The van der Waals surface area contributed by atoms with Crippen LogP contribution in [0.5, 0.6) is 0 Å². The molecule has 2 nitrogen and oxygen atoms in total. The van der Waals surface area contributed by atoms with Crippen molar-refractivity contribution in [1.82, 2.24) is 5.32 Å². The number of hydrogen-bond acceptors (Lipinski definition) is 2. The molecule has 1 atom stereocenters. The molecule has 0 amide bonds. The Bertz CT molecular complexity index is 357. The monoisotopic (exact) mass is 245 g/mol. The average molecular weight is 245 g/mol. The molecule has 0 spiro atoms. The summed E-state index contributed by atoms with van der Waals surface area (Å²) in [6, 6.07) is 11.4. The van der Waals surface area contributed by atoms with Crippen molar-refractivity contribution in [2.75, 3.05) is 13.2 Å². The van der Waals surface area contributed by atoms with E-state index in [0.717, 1.165) is 25.1 Å². The lowest BCUT2D eigenvalue weighted by molar-refractivity contribution is 0.0483. The highest BCUT2D eigenvalue weighted by Crippen LogP contribution is 2.32. The van der Waals surface area contributed by atoms with Crippen LogP contribution in [0.25, 0.3) is 0 Å². The summed E-state index contributed by atoms with van der Waals surface area (Å²) in [5.74, 6) is 0.956. The Hall–Kier alpha value is -0.860. The van der Waals surface area contributed by atoms with Gasteiger partial charge in [0.1, 0.15) is 0 Å². The van der Waals surface area contributed by atoms with E-state index in [1.165, 1.54) is 37.7 Å². The summed E-state index contributed by atoms with van der Waals surface area (Å²) >= 11 is 0. The van der Waals surface area contributed by atoms with Crippen molar-refractivity contribution in [1.29, 1.82) is 0 Å². The highest BCUT2D eigenvalue weighted by molar-refractivity contribution is 5.18. The van der Waals surface area contributed by atoms with Gasteiger partial charge in [0.2, 0.25) is 0 Å². The molecule has 1 aromatic rings. The Balaban J connectivity index is 1.51. The zero-order chi connectivity index (χ0) is 12.2. The Morgan fingerprint density at radius 1 is 1.11 bits per heavy atom. The van der Waals surface area contributed by atoms with Gasteiger partial charge in [-0.2, -0.15) is 0 Å². The lowest BCUT2D eigenvalue weighted by atomic mass is 10.1. The topological polar surface area (TPSA) is 21.3 Å². The first-order chi connectivity index (χ1) is 8.92. The van der Waals surface area contributed by atoms with Gasteiger partial charge in [0.25, 0.3) is 0 Å². The molecular formula is C16H23NO. The predicted molar refractivity (Wildman–Crippen MR) is 73.5 cm³/mol. The van der Waals surface area contributed by atoms with Gasteiger partial charge in [0.05, 0.1) is 6.10 Å². The normalized spacial score (nSPS) is 20.9. The molecule has 1 unspecified atom stereocenters. The number of benzene rings is 1. The molecule has 2 heteroatoms. The highest BCUT2D eigenvalue weighted by atomic mass is 16.5. The molecule has 2 saturated carbocycles. The third-order valence-corrected chi connectivity index (χ3v) is 3.88. The Labute approximate surface area is 110 Å². The molecule has 3 rings (SSSR count). The smallest absolute Gasteiger partial charge is 0.0949 e. The third kappa shape index (κ3) is 3.82. The van der Waals surface area contributed by atoms with Gasteiger partial charge in [-0.1, -0.05) is 43.2 Å². The fraction of sp³-hybridized carbons (Fsp3) is 0.625. The third-order valence-electron chi connectivity index (χ3n) is 3.88. The first-order valence-electron chi connectivity index (χ1n) is 7.32. The molecule has 1 N–H and O–H groups in total. The first kappa shape index (κ1) is 12.2. The van der Waals surface area contributed by atoms with E-state index in [4.69, 9.17) is 4.74 Å². The van der Waals surface area contributed by atoms with Gasteiger partial charge in [-0.25, -0.2) is 0 Å². The fourth-order valence-corrected chi connectivity index (χ4v) is 2.29. The van der Waals surface area contributed by atoms with E-state index in [1.54, 1.807) is 0 Å². The molecule has 2 aliphatic carbocycles. The van der Waals surface area contributed by atoms with Crippen molar-refractivity contribution in [2.24, 2.45) is 5.92 Å². The van der Waals surface area contributed by atoms with Crippen LogP contribution in [0.2, 0.25) is 0 Å². The number of ether oxygens (including phenoxy) is 1. The molecule has 2 fully saturated rings. The summed E-state index contributed by atoms with van der Waals surface area (Å²) in [6.45, 7) is 1.87. The van der Waals surface area contributed by atoms with Crippen LogP contribution in [0.3, 0.4) is 0 Å². The summed E-state index contributed by atoms with van der Waals surface area (Å²) in [7, 11) is 0. The largest absolute Gasteiger partial charge is 0.372 e. The minimum absolute atomic E-state index is 0.227. The van der Waals surface area contributed by atoms with Gasteiger partial charge in [0.15, 0.2) is 0 Å². The minimum Gasteiger partial charge on any atom is -0.372 e. The maximum Gasteiger partial charge on any atom is 0.0949 e. The second kappa shape index (κ2) is 5.85. The molecular weight excluding hydrogens is 222 g/mol. The van der Waals surface area contributed by atoms with Crippen molar-refractivity contribution in [3.8, 4) is 0 Å². The Morgan fingerprint density at radius 2 is 1.89 bits per heavy atom.